The van der Waals surface area contributed by atoms with Gasteiger partial charge in [0.05, 0.1) is 12.2 Å². The fourth-order valence-electron chi connectivity index (χ4n) is 4.17. The quantitative estimate of drug-likeness (QED) is 0.857. The van der Waals surface area contributed by atoms with Gasteiger partial charge in [-0.3, -0.25) is 4.79 Å². The van der Waals surface area contributed by atoms with Crippen LogP contribution in [0.1, 0.15) is 57.4 Å². The molecule has 2 aliphatic rings. The van der Waals surface area contributed by atoms with Gasteiger partial charge in [0.25, 0.3) is 5.56 Å². The fraction of sp³-hybridized carbons (Fsp3) is 0.667. The van der Waals surface area contributed by atoms with Crippen LogP contribution in [0.5, 0.6) is 0 Å². The van der Waals surface area contributed by atoms with Crippen LogP contribution in [0.2, 0.25) is 0 Å². The van der Waals surface area contributed by atoms with E-state index in [9.17, 15) is 9.59 Å². The van der Waals surface area contributed by atoms with Crippen molar-refractivity contribution in [2.45, 2.75) is 64.7 Å². The van der Waals surface area contributed by atoms with Gasteiger partial charge in [-0.1, -0.05) is 20.8 Å². The Bertz CT molecular complexity index is 722. The van der Waals surface area contributed by atoms with Crippen molar-refractivity contribution in [3.05, 3.63) is 33.2 Å². The first kappa shape index (κ1) is 17.0. The van der Waals surface area contributed by atoms with E-state index in [1.165, 1.54) is 4.90 Å². The number of nitrogens with zero attached hydrogens (tertiary/aromatic N) is 2. The minimum atomic E-state index is -0.889. The molecule has 3 heterocycles. The molecule has 0 aromatic carbocycles. The summed E-state index contributed by atoms with van der Waals surface area (Å²) in [6.45, 7) is 10.4. The van der Waals surface area contributed by atoms with Crippen LogP contribution in [0.25, 0.3) is 0 Å². The van der Waals surface area contributed by atoms with Crippen molar-refractivity contribution in [2.24, 2.45) is 0 Å². The molecule has 0 bridgehead atoms. The van der Waals surface area contributed by atoms with Gasteiger partial charge in [-0.2, -0.15) is 0 Å². The molecule has 1 aromatic heterocycles. The predicted octanol–water partition coefficient (Wildman–Crippen LogP) is 2.67. The van der Waals surface area contributed by atoms with Crippen LogP contribution >= 0.6 is 0 Å². The Kier molecular flexibility index (Phi) is 3.98. The number of piperidine rings is 1. The Morgan fingerprint density at radius 2 is 1.96 bits per heavy atom. The number of pyridine rings is 1. The highest BCUT2D eigenvalue weighted by molar-refractivity contribution is 5.65. The average molecular weight is 334 g/mol. The van der Waals surface area contributed by atoms with Gasteiger partial charge in [-0.05, 0) is 25.3 Å². The summed E-state index contributed by atoms with van der Waals surface area (Å²) in [5, 5.41) is 9.16. The van der Waals surface area contributed by atoms with E-state index in [0.29, 0.717) is 39.1 Å². The predicted molar refractivity (Wildman–Crippen MR) is 90.4 cm³/mol. The van der Waals surface area contributed by atoms with E-state index in [1.54, 1.807) is 6.07 Å². The Hall–Kier alpha value is -1.82. The summed E-state index contributed by atoms with van der Waals surface area (Å²) in [7, 11) is 0. The number of amides is 1. The number of likely N-dealkylation sites (tertiary alicyclic amines) is 1. The van der Waals surface area contributed by atoms with Gasteiger partial charge in [0.1, 0.15) is 0 Å². The highest BCUT2D eigenvalue weighted by atomic mass is 16.5. The Balaban J connectivity index is 2.09. The number of ether oxygens (including phenoxy) is 1. The zero-order chi connectivity index (χ0) is 17.7. The molecule has 1 fully saturated rings. The zero-order valence-electron chi connectivity index (χ0n) is 14.9. The van der Waals surface area contributed by atoms with Crippen molar-refractivity contribution in [1.29, 1.82) is 0 Å². The molecule has 1 aromatic rings. The van der Waals surface area contributed by atoms with Crippen LogP contribution in [-0.2, 0) is 28.9 Å². The number of carbonyl (C=O) groups is 1. The number of rotatable bonds is 1. The number of hydrogen-bond donors (Lipinski definition) is 1. The first-order valence-corrected chi connectivity index (χ1v) is 8.59. The van der Waals surface area contributed by atoms with Crippen LogP contribution < -0.4 is 5.56 Å². The molecule has 1 spiro atoms. The molecule has 24 heavy (non-hydrogen) atoms. The molecule has 6 nitrogen and oxygen atoms in total. The van der Waals surface area contributed by atoms with Crippen LogP contribution in [0.15, 0.2) is 10.9 Å². The van der Waals surface area contributed by atoms with E-state index < -0.39 is 11.7 Å². The van der Waals surface area contributed by atoms with Crippen LogP contribution in [0.4, 0.5) is 4.79 Å². The first-order chi connectivity index (χ1) is 11.2. The van der Waals surface area contributed by atoms with Gasteiger partial charge < -0.3 is 19.3 Å². The molecule has 3 rings (SSSR count). The van der Waals surface area contributed by atoms with Gasteiger partial charge in [0.2, 0.25) is 0 Å². The Labute approximate surface area is 142 Å². The van der Waals surface area contributed by atoms with Crippen LogP contribution in [0, 0.1) is 0 Å². The maximum atomic E-state index is 12.7. The summed E-state index contributed by atoms with van der Waals surface area (Å²) < 4.78 is 8.04. The standard InChI is InChI=1S/C18H26N2O4/c1-5-20-14(21)10-13-12(15(20)17(2,3)4)11-24-18(13)6-8-19(9-7-18)16(22)23/h10H,5-9,11H2,1-4H3,(H,22,23). The normalized spacial score (nSPS) is 19.6. The van der Waals surface area contributed by atoms with Crippen LogP contribution in [-0.4, -0.2) is 33.8 Å². The third-order valence-corrected chi connectivity index (χ3v) is 5.27. The number of hydrogen-bond acceptors (Lipinski definition) is 3. The highest BCUT2D eigenvalue weighted by Gasteiger charge is 2.46. The number of fused-ring (bicyclic) bond motifs is 2. The minimum Gasteiger partial charge on any atom is -0.465 e. The van der Waals surface area contributed by atoms with E-state index in [0.717, 1.165) is 16.8 Å². The number of aromatic nitrogens is 1. The van der Waals surface area contributed by atoms with Gasteiger partial charge in [0, 0.05) is 42.4 Å². The lowest BCUT2D eigenvalue weighted by Crippen LogP contribution is -2.45. The summed E-state index contributed by atoms with van der Waals surface area (Å²) in [6, 6.07) is 1.72. The third-order valence-electron chi connectivity index (χ3n) is 5.27. The topological polar surface area (TPSA) is 71.8 Å². The third kappa shape index (κ3) is 2.53. The van der Waals surface area contributed by atoms with E-state index in [2.05, 4.69) is 20.8 Å². The maximum absolute atomic E-state index is 12.7. The molecule has 0 saturated carbocycles. The second kappa shape index (κ2) is 5.62. The summed E-state index contributed by atoms with van der Waals surface area (Å²) in [6.07, 6.45) is 0.316. The second-order valence-electron chi connectivity index (χ2n) is 7.77. The molecular formula is C18H26N2O4. The molecule has 1 N–H and O–H groups in total. The molecule has 6 heteroatoms. The number of carboxylic acid groups (broad SMARTS) is 1. The lowest BCUT2D eigenvalue weighted by Gasteiger charge is -2.38. The molecule has 1 amide bonds. The SMILES string of the molecule is CCn1c(C(C)(C)C)c2c(cc1=O)C1(CCN(C(=O)O)CC1)OC2. The van der Waals surface area contributed by atoms with Gasteiger partial charge >= 0.3 is 6.09 Å². The molecule has 132 valence electrons. The van der Waals surface area contributed by atoms with Gasteiger partial charge in [-0.25, -0.2) is 4.79 Å². The molecule has 0 aliphatic carbocycles. The minimum absolute atomic E-state index is 0.00622. The lowest BCUT2D eigenvalue weighted by molar-refractivity contribution is -0.0751. The monoisotopic (exact) mass is 334 g/mol. The van der Waals surface area contributed by atoms with E-state index >= 15 is 0 Å². The van der Waals surface area contributed by atoms with E-state index in [1.807, 2.05) is 11.5 Å². The Morgan fingerprint density at radius 3 is 2.46 bits per heavy atom. The van der Waals surface area contributed by atoms with E-state index in [4.69, 9.17) is 9.84 Å². The smallest absolute Gasteiger partial charge is 0.407 e. The van der Waals surface area contributed by atoms with Crippen molar-refractivity contribution >= 4 is 6.09 Å². The van der Waals surface area contributed by atoms with Crippen molar-refractivity contribution in [3.8, 4) is 0 Å². The van der Waals surface area contributed by atoms with Gasteiger partial charge in [-0.15, -0.1) is 0 Å². The fourth-order valence-corrected chi connectivity index (χ4v) is 4.17. The molecule has 0 unspecified atom stereocenters. The summed E-state index contributed by atoms with van der Waals surface area (Å²) in [5.74, 6) is 0. The molecular weight excluding hydrogens is 308 g/mol. The highest BCUT2D eigenvalue weighted by Crippen LogP contribution is 2.46. The summed E-state index contributed by atoms with van der Waals surface area (Å²) in [5.41, 5.74) is 2.49. The second-order valence-corrected chi connectivity index (χ2v) is 7.77. The van der Waals surface area contributed by atoms with E-state index in [-0.39, 0.29) is 11.0 Å². The Morgan fingerprint density at radius 1 is 1.33 bits per heavy atom. The van der Waals surface area contributed by atoms with Crippen molar-refractivity contribution in [3.63, 3.8) is 0 Å². The van der Waals surface area contributed by atoms with Crippen molar-refractivity contribution in [2.75, 3.05) is 13.1 Å². The largest absolute Gasteiger partial charge is 0.465 e. The van der Waals surface area contributed by atoms with Crippen molar-refractivity contribution < 1.29 is 14.6 Å². The molecule has 1 saturated heterocycles. The first-order valence-electron chi connectivity index (χ1n) is 8.59. The van der Waals surface area contributed by atoms with Crippen molar-refractivity contribution in [1.82, 2.24) is 9.47 Å². The van der Waals surface area contributed by atoms with Gasteiger partial charge in [0.15, 0.2) is 0 Å². The molecule has 0 radical (unpaired) electrons. The average Bonchev–Trinajstić information content (AvgIpc) is 2.83. The zero-order valence-corrected chi connectivity index (χ0v) is 14.9. The van der Waals surface area contributed by atoms with Crippen LogP contribution in [0.3, 0.4) is 0 Å². The lowest BCUT2D eigenvalue weighted by atomic mass is 9.80. The molecule has 2 aliphatic heterocycles. The maximum Gasteiger partial charge on any atom is 0.407 e. The summed E-state index contributed by atoms with van der Waals surface area (Å²) in [4.78, 5) is 25.3. The summed E-state index contributed by atoms with van der Waals surface area (Å²) >= 11 is 0. The molecule has 0 atom stereocenters.